The number of aryl methyl sites for hydroxylation is 1. The van der Waals surface area contributed by atoms with Crippen molar-refractivity contribution in [1.82, 2.24) is 19.8 Å². The normalized spacial score (nSPS) is 27.2. The van der Waals surface area contributed by atoms with E-state index in [0.29, 0.717) is 18.8 Å². The molecule has 3 aliphatic rings. The third-order valence-corrected chi connectivity index (χ3v) is 7.66. The topological polar surface area (TPSA) is 109 Å². The van der Waals surface area contributed by atoms with Gasteiger partial charge >= 0.3 is 0 Å². The lowest BCUT2D eigenvalue weighted by molar-refractivity contribution is 0.0327. The fourth-order valence-corrected chi connectivity index (χ4v) is 6.78. The van der Waals surface area contributed by atoms with Crippen LogP contribution in [0.25, 0.3) is 0 Å². The predicted octanol–water partition coefficient (Wildman–Crippen LogP) is 0.271. The van der Waals surface area contributed by atoms with Crippen LogP contribution in [0.15, 0.2) is 0 Å². The zero-order chi connectivity index (χ0) is 19.2. The number of hydrogen-bond acceptors (Lipinski definition) is 7. The summed E-state index contributed by atoms with van der Waals surface area (Å²) in [6.07, 6.45) is 4.60. The molecule has 0 bridgehead atoms. The molecular weight excluding hydrogens is 366 g/mol. The maximum Gasteiger partial charge on any atom is 0.273 e. The number of nitrogen functional groups attached to an aromatic ring is 1. The van der Waals surface area contributed by atoms with E-state index in [9.17, 15) is 13.2 Å². The first-order chi connectivity index (χ1) is 12.9. The minimum absolute atomic E-state index is 0.0341. The Hall–Kier alpha value is -1.74. The van der Waals surface area contributed by atoms with Crippen molar-refractivity contribution in [2.45, 2.75) is 51.1 Å². The summed E-state index contributed by atoms with van der Waals surface area (Å²) in [7, 11) is -3.15. The first-order valence-electron chi connectivity index (χ1n) is 9.80. The maximum absolute atomic E-state index is 13.4. The van der Waals surface area contributed by atoms with E-state index < -0.39 is 9.84 Å². The van der Waals surface area contributed by atoms with Crippen LogP contribution >= 0.6 is 0 Å². The van der Waals surface area contributed by atoms with E-state index in [1.54, 1.807) is 4.90 Å². The van der Waals surface area contributed by atoms with Crippen molar-refractivity contribution in [3.63, 3.8) is 0 Å². The number of piperazine rings is 1. The Morgan fingerprint density at radius 3 is 2.67 bits per heavy atom. The van der Waals surface area contributed by atoms with Crippen LogP contribution in [-0.2, 0) is 22.7 Å². The molecule has 1 amide bonds. The summed E-state index contributed by atoms with van der Waals surface area (Å²) in [6, 6.07) is -0.430. The molecular formula is C18H27N5O3S. The molecule has 3 heterocycles. The van der Waals surface area contributed by atoms with Gasteiger partial charge in [0.15, 0.2) is 9.84 Å². The molecule has 4 rings (SSSR count). The minimum Gasteiger partial charge on any atom is -0.368 e. The largest absolute Gasteiger partial charge is 0.368 e. The van der Waals surface area contributed by atoms with Crippen LogP contribution in [0.1, 0.15) is 47.9 Å². The van der Waals surface area contributed by atoms with Crippen LogP contribution in [0.5, 0.6) is 0 Å². The smallest absolute Gasteiger partial charge is 0.273 e. The van der Waals surface area contributed by atoms with Gasteiger partial charge in [0.2, 0.25) is 5.95 Å². The van der Waals surface area contributed by atoms with E-state index in [1.165, 1.54) is 0 Å². The fourth-order valence-electron chi connectivity index (χ4n) is 4.77. The second-order valence-electron chi connectivity index (χ2n) is 7.81. The van der Waals surface area contributed by atoms with Gasteiger partial charge in [0.25, 0.3) is 5.91 Å². The van der Waals surface area contributed by atoms with Crippen LogP contribution in [0.4, 0.5) is 5.95 Å². The Bertz CT molecular complexity index is 857. The highest BCUT2D eigenvalue weighted by molar-refractivity contribution is 7.91. The number of nitrogens with two attached hydrogens (primary N) is 1. The van der Waals surface area contributed by atoms with Crippen molar-refractivity contribution >= 4 is 21.7 Å². The van der Waals surface area contributed by atoms with Crippen molar-refractivity contribution in [1.29, 1.82) is 0 Å². The SMILES string of the molecule is CCCN1CCN(C(=O)c2nc(N)nc3c2CCCC3)[C@H]2CS(=O)(=O)C[C@H]21. The molecule has 1 aromatic heterocycles. The van der Waals surface area contributed by atoms with E-state index in [1.807, 2.05) is 0 Å². The fraction of sp³-hybridized carbons (Fsp3) is 0.722. The highest BCUT2D eigenvalue weighted by Gasteiger charge is 2.48. The molecule has 2 N–H and O–H groups in total. The molecule has 2 aliphatic heterocycles. The minimum atomic E-state index is -3.15. The number of hydrogen-bond donors (Lipinski definition) is 1. The van der Waals surface area contributed by atoms with Crippen LogP contribution in [0.2, 0.25) is 0 Å². The predicted molar refractivity (Wildman–Crippen MR) is 102 cm³/mol. The molecule has 1 aromatic rings. The second kappa shape index (κ2) is 7.01. The average Bonchev–Trinajstić information content (AvgIpc) is 2.96. The van der Waals surface area contributed by atoms with Crippen molar-refractivity contribution in [2.24, 2.45) is 0 Å². The first-order valence-corrected chi connectivity index (χ1v) is 11.6. The summed E-state index contributed by atoms with van der Waals surface area (Å²) in [5.74, 6) is 0.0994. The molecule has 0 saturated carbocycles. The first kappa shape index (κ1) is 18.6. The second-order valence-corrected chi connectivity index (χ2v) is 9.96. The molecule has 9 heteroatoms. The lowest BCUT2D eigenvalue weighted by Gasteiger charge is -2.44. The number of sulfone groups is 1. The number of anilines is 1. The number of carbonyl (C=O) groups excluding carboxylic acids is 1. The molecule has 0 radical (unpaired) electrons. The summed E-state index contributed by atoms with van der Waals surface area (Å²) in [4.78, 5) is 26.0. The molecule has 0 aromatic carbocycles. The number of rotatable bonds is 3. The van der Waals surface area contributed by atoms with Gasteiger partial charge < -0.3 is 10.6 Å². The summed E-state index contributed by atoms with van der Waals surface area (Å²) in [5, 5.41) is 0. The monoisotopic (exact) mass is 393 g/mol. The molecule has 1 aliphatic carbocycles. The van der Waals surface area contributed by atoms with E-state index in [0.717, 1.165) is 49.9 Å². The number of amides is 1. The van der Waals surface area contributed by atoms with Crippen molar-refractivity contribution in [3.8, 4) is 0 Å². The van der Waals surface area contributed by atoms with Gasteiger partial charge in [0.05, 0.1) is 17.5 Å². The Morgan fingerprint density at radius 2 is 1.89 bits per heavy atom. The summed E-state index contributed by atoms with van der Waals surface area (Å²) >= 11 is 0. The van der Waals surface area contributed by atoms with E-state index in [2.05, 4.69) is 21.8 Å². The third kappa shape index (κ3) is 3.42. The quantitative estimate of drug-likeness (QED) is 0.785. The third-order valence-electron chi connectivity index (χ3n) is 5.97. The van der Waals surface area contributed by atoms with Crippen LogP contribution in [0, 0.1) is 0 Å². The van der Waals surface area contributed by atoms with E-state index in [4.69, 9.17) is 5.73 Å². The molecule has 0 spiro atoms. The highest BCUT2D eigenvalue weighted by atomic mass is 32.2. The lowest BCUT2D eigenvalue weighted by atomic mass is 9.93. The summed E-state index contributed by atoms with van der Waals surface area (Å²) in [5.41, 5.74) is 8.01. The molecule has 2 atom stereocenters. The summed E-state index contributed by atoms with van der Waals surface area (Å²) < 4.78 is 24.7. The number of carbonyl (C=O) groups is 1. The highest BCUT2D eigenvalue weighted by Crippen LogP contribution is 2.30. The molecule has 8 nitrogen and oxygen atoms in total. The molecule has 2 saturated heterocycles. The number of aromatic nitrogens is 2. The Labute approximate surface area is 160 Å². The van der Waals surface area contributed by atoms with Gasteiger partial charge in [-0.2, -0.15) is 0 Å². The molecule has 0 unspecified atom stereocenters. The Morgan fingerprint density at radius 1 is 1.15 bits per heavy atom. The molecule has 2 fully saturated rings. The van der Waals surface area contributed by atoms with Gasteiger partial charge in [-0.05, 0) is 38.6 Å². The van der Waals surface area contributed by atoms with Crippen LogP contribution in [0.3, 0.4) is 0 Å². The van der Waals surface area contributed by atoms with E-state index >= 15 is 0 Å². The summed E-state index contributed by atoms with van der Waals surface area (Å²) in [6.45, 7) is 4.16. The van der Waals surface area contributed by atoms with Crippen LogP contribution < -0.4 is 5.73 Å². The van der Waals surface area contributed by atoms with Crippen LogP contribution in [-0.4, -0.2) is 77.3 Å². The standard InChI is InChI=1S/C18H27N5O3S/c1-2-7-22-8-9-23(15-11-27(25,26)10-14(15)22)17(24)16-12-5-3-4-6-13(12)20-18(19)21-16/h14-15H,2-11H2,1H3,(H2,19,20,21)/t14-,15+/m1/s1. The van der Waals surface area contributed by atoms with Gasteiger partial charge in [-0.1, -0.05) is 6.92 Å². The average molecular weight is 394 g/mol. The Kier molecular flexibility index (Phi) is 4.84. The zero-order valence-electron chi connectivity index (χ0n) is 15.7. The van der Waals surface area contributed by atoms with Gasteiger partial charge in [0.1, 0.15) is 5.69 Å². The van der Waals surface area contributed by atoms with Gasteiger partial charge in [-0.3, -0.25) is 9.69 Å². The number of nitrogens with zero attached hydrogens (tertiary/aromatic N) is 4. The van der Waals surface area contributed by atoms with Crippen molar-refractivity contribution in [2.75, 3.05) is 36.9 Å². The molecule has 148 valence electrons. The van der Waals surface area contributed by atoms with Gasteiger partial charge in [0, 0.05) is 30.4 Å². The Balaban J connectivity index is 1.67. The number of fused-ring (bicyclic) bond motifs is 2. The van der Waals surface area contributed by atoms with Gasteiger partial charge in [-0.15, -0.1) is 0 Å². The zero-order valence-corrected chi connectivity index (χ0v) is 16.5. The van der Waals surface area contributed by atoms with Crippen molar-refractivity contribution < 1.29 is 13.2 Å². The maximum atomic E-state index is 13.4. The lowest BCUT2D eigenvalue weighted by Crippen LogP contribution is -2.60. The van der Waals surface area contributed by atoms with Crippen molar-refractivity contribution in [3.05, 3.63) is 17.0 Å². The molecule has 27 heavy (non-hydrogen) atoms. The van der Waals surface area contributed by atoms with E-state index in [-0.39, 0.29) is 35.4 Å². The van der Waals surface area contributed by atoms with Gasteiger partial charge in [-0.25, -0.2) is 18.4 Å².